The molecule has 7 nitrogen and oxygen atoms in total. The van der Waals surface area contributed by atoms with E-state index in [9.17, 15) is 29.7 Å². The van der Waals surface area contributed by atoms with Crippen molar-refractivity contribution in [3.8, 4) is 0 Å². The van der Waals surface area contributed by atoms with Crippen LogP contribution in [-0.2, 0) is 14.4 Å². The summed E-state index contributed by atoms with van der Waals surface area (Å²) in [6.45, 7) is 8.00. The largest absolute Gasteiger partial charge is 0.544 e. The molecule has 3 unspecified atom stereocenters. The Bertz CT molecular complexity index is 483. The lowest BCUT2D eigenvalue weighted by molar-refractivity contribution is -0.969. The van der Waals surface area contributed by atoms with Gasteiger partial charge in [-0.05, 0) is 46.5 Å². The van der Waals surface area contributed by atoms with Crippen molar-refractivity contribution < 1.29 is 34.2 Å². The van der Waals surface area contributed by atoms with Crippen molar-refractivity contribution in [1.29, 1.82) is 0 Å². The van der Waals surface area contributed by atoms with Crippen LogP contribution in [0.1, 0.15) is 85.0 Å². The van der Waals surface area contributed by atoms with Gasteiger partial charge in [-0.1, -0.05) is 44.6 Å². The van der Waals surface area contributed by atoms with E-state index < -0.39 is 40.5 Å². The quantitative estimate of drug-likeness (QED) is 0.203. The zero-order valence-corrected chi connectivity index (χ0v) is 18.3. The molecular formula is C22H39NO6. The molecule has 0 rings (SSSR count). The molecule has 0 radical (unpaired) electrons. The van der Waals surface area contributed by atoms with Crippen LogP contribution < -0.4 is 5.11 Å². The Balaban J connectivity index is 4.78. The summed E-state index contributed by atoms with van der Waals surface area (Å²) in [5, 5.41) is 30.6. The summed E-state index contributed by atoms with van der Waals surface area (Å²) < 4.78 is -0.545. The van der Waals surface area contributed by atoms with E-state index in [1.165, 1.54) is 46.5 Å². The molecule has 0 aromatic carbocycles. The van der Waals surface area contributed by atoms with E-state index in [4.69, 9.17) is 0 Å². The van der Waals surface area contributed by atoms with Crippen LogP contribution in [0, 0.1) is 0 Å². The van der Waals surface area contributed by atoms with Gasteiger partial charge >= 0.3 is 11.9 Å². The molecule has 0 bridgehead atoms. The topological polar surface area (TPSA) is 115 Å². The molecule has 0 heterocycles. The molecule has 0 aromatic rings. The Morgan fingerprint density at radius 1 is 0.793 bits per heavy atom. The molecule has 29 heavy (non-hydrogen) atoms. The SMILES string of the molecule is C=CCCCCCCCCCCC[N+](C(C)C(=O)[O-])(C(C)C(=O)O)C(C)C(=O)O. The van der Waals surface area contributed by atoms with Crippen LogP contribution in [0.25, 0.3) is 0 Å². The first kappa shape index (κ1) is 27.1. The highest BCUT2D eigenvalue weighted by Gasteiger charge is 2.50. The Hall–Kier alpha value is -1.89. The lowest BCUT2D eigenvalue weighted by Crippen LogP contribution is -2.72. The van der Waals surface area contributed by atoms with Gasteiger partial charge in [0.15, 0.2) is 12.1 Å². The standard InChI is InChI=1S/C22H39NO6/c1-5-6-7-8-9-10-11-12-13-14-15-16-23(17(2)20(24)25,18(3)21(26)27)19(4)22(28)29/h5,17-19H,1,6-16H2,2-4H3,(H2-,24,25,26,27,28,29). The molecule has 0 aromatic heterocycles. The lowest BCUT2D eigenvalue weighted by atomic mass is 10.00. The molecule has 3 atom stereocenters. The third kappa shape index (κ3) is 8.56. The van der Waals surface area contributed by atoms with Gasteiger partial charge in [-0.3, -0.25) is 4.48 Å². The number of aliphatic carboxylic acids is 3. The normalized spacial score (nSPS) is 16.4. The lowest BCUT2D eigenvalue weighted by Gasteiger charge is -2.49. The van der Waals surface area contributed by atoms with Crippen LogP contribution in [0.15, 0.2) is 12.7 Å². The first-order chi connectivity index (χ1) is 13.6. The van der Waals surface area contributed by atoms with Crippen molar-refractivity contribution in [1.82, 2.24) is 0 Å². The summed E-state index contributed by atoms with van der Waals surface area (Å²) in [7, 11) is 0. The summed E-state index contributed by atoms with van der Waals surface area (Å²) in [5.74, 6) is -3.84. The summed E-state index contributed by atoms with van der Waals surface area (Å²) in [5.41, 5.74) is 0. The number of quaternary nitrogens is 1. The highest BCUT2D eigenvalue weighted by atomic mass is 16.4. The second kappa shape index (κ2) is 14.1. The van der Waals surface area contributed by atoms with Gasteiger partial charge in [0, 0.05) is 0 Å². The Labute approximate surface area is 175 Å². The molecule has 0 aliphatic heterocycles. The molecule has 0 aliphatic rings. The fourth-order valence-electron chi connectivity index (χ4n) is 4.11. The van der Waals surface area contributed by atoms with Gasteiger partial charge in [0.2, 0.25) is 0 Å². The fraction of sp³-hybridized carbons (Fsp3) is 0.773. The van der Waals surface area contributed by atoms with Crippen LogP contribution in [0.3, 0.4) is 0 Å². The Morgan fingerprint density at radius 2 is 1.17 bits per heavy atom. The van der Waals surface area contributed by atoms with Crippen molar-refractivity contribution in [2.75, 3.05) is 6.54 Å². The van der Waals surface area contributed by atoms with Gasteiger partial charge in [-0.2, -0.15) is 0 Å². The minimum Gasteiger partial charge on any atom is -0.544 e. The summed E-state index contributed by atoms with van der Waals surface area (Å²) in [6.07, 6.45) is 12.4. The monoisotopic (exact) mass is 413 g/mol. The van der Waals surface area contributed by atoms with Crippen molar-refractivity contribution >= 4 is 17.9 Å². The smallest absolute Gasteiger partial charge is 0.362 e. The number of carboxylic acid groups (broad SMARTS) is 3. The molecule has 2 N–H and O–H groups in total. The van der Waals surface area contributed by atoms with E-state index in [2.05, 4.69) is 6.58 Å². The van der Waals surface area contributed by atoms with Crippen LogP contribution in [0.2, 0.25) is 0 Å². The first-order valence-corrected chi connectivity index (χ1v) is 10.8. The Kier molecular flexibility index (Phi) is 13.2. The van der Waals surface area contributed by atoms with Gasteiger partial charge in [-0.15, -0.1) is 6.58 Å². The van der Waals surface area contributed by atoms with Crippen LogP contribution in [-0.4, -0.2) is 57.3 Å². The predicted octanol–water partition coefficient (Wildman–Crippen LogP) is 2.97. The number of unbranched alkanes of at least 4 members (excludes halogenated alkanes) is 9. The molecular weight excluding hydrogens is 374 g/mol. The third-order valence-electron chi connectivity index (χ3n) is 6.17. The molecule has 0 saturated carbocycles. The number of carboxylic acids is 3. The number of nitrogens with zero attached hydrogens (tertiary/aromatic N) is 1. The predicted molar refractivity (Wildman–Crippen MR) is 110 cm³/mol. The summed E-state index contributed by atoms with van der Waals surface area (Å²) >= 11 is 0. The minimum atomic E-state index is -1.43. The molecule has 0 aliphatic carbocycles. The highest BCUT2D eigenvalue weighted by Crippen LogP contribution is 2.27. The average molecular weight is 414 g/mol. The molecule has 7 heteroatoms. The zero-order chi connectivity index (χ0) is 22.4. The number of allylic oxidation sites excluding steroid dienone is 1. The van der Waals surface area contributed by atoms with Crippen molar-refractivity contribution in [3.63, 3.8) is 0 Å². The molecule has 0 spiro atoms. The summed E-state index contributed by atoms with van der Waals surface area (Å²) in [4.78, 5) is 34.9. The zero-order valence-electron chi connectivity index (χ0n) is 18.3. The highest BCUT2D eigenvalue weighted by molar-refractivity contribution is 5.76. The van der Waals surface area contributed by atoms with E-state index in [1.54, 1.807) is 0 Å². The van der Waals surface area contributed by atoms with Crippen LogP contribution in [0.4, 0.5) is 0 Å². The van der Waals surface area contributed by atoms with E-state index in [1.807, 2.05) is 6.08 Å². The minimum absolute atomic E-state index is 0.178. The molecule has 0 fully saturated rings. The average Bonchev–Trinajstić information content (AvgIpc) is 2.67. The number of hydrogen-bond donors (Lipinski definition) is 2. The fourth-order valence-corrected chi connectivity index (χ4v) is 4.11. The molecule has 0 saturated heterocycles. The van der Waals surface area contributed by atoms with E-state index in [-0.39, 0.29) is 6.54 Å². The van der Waals surface area contributed by atoms with Crippen LogP contribution >= 0.6 is 0 Å². The van der Waals surface area contributed by atoms with Gasteiger partial charge in [0.1, 0.15) is 6.04 Å². The second-order valence-electron chi connectivity index (χ2n) is 8.00. The number of carbonyl (C=O) groups excluding carboxylic acids is 1. The van der Waals surface area contributed by atoms with Gasteiger partial charge in [-0.25, -0.2) is 9.59 Å². The van der Waals surface area contributed by atoms with E-state index in [0.717, 1.165) is 32.1 Å². The maximum Gasteiger partial charge on any atom is 0.362 e. The van der Waals surface area contributed by atoms with Gasteiger partial charge in [0.25, 0.3) is 0 Å². The number of carbonyl (C=O) groups is 3. The van der Waals surface area contributed by atoms with Crippen molar-refractivity contribution in [2.45, 2.75) is 103 Å². The number of hydrogen-bond acceptors (Lipinski definition) is 4. The van der Waals surface area contributed by atoms with Crippen LogP contribution in [0.5, 0.6) is 0 Å². The maximum absolute atomic E-state index is 11.7. The van der Waals surface area contributed by atoms with Crippen molar-refractivity contribution in [3.05, 3.63) is 12.7 Å². The third-order valence-corrected chi connectivity index (χ3v) is 6.17. The molecule has 0 amide bonds. The van der Waals surface area contributed by atoms with E-state index >= 15 is 0 Å². The first-order valence-electron chi connectivity index (χ1n) is 10.8. The van der Waals surface area contributed by atoms with E-state index in [0.29, 0.717) is 6.42 Å². The maximum atomic E-state index is 11.7. The summed E-state index contributed by atoms with van der Waals surface area (Å²) in [6, 6.07) is -3.56. The van der Waals surface area contributed by atoms with Gasteiger partial charge < -0.3 is 20.1 Å². The Morgan fingerprint density at radius 3 is 1.52 bits per heavy atom. The van der Waals surface area contributed by atoms with Gasteiger partial charge in [0.05, 0.1) is 12.5 Å². The van der Waals surface area contributed by atoms with Crippen molar-refractivity contribution in [2.24, 2.45) is 0 Å². The second-order valence-corrected chi connectivity index (χ2v) is 8.00. The molecule has 168 valence electrons. The number of rotatable bonds is 18.